The smallest absolute Gasteiger partial charge is 0.148 e. The average Bonchev–Trinajstić information content (AvgIpc) is 2.23. The molecule has 0 radical (unpaired) electrons. The Hall–Kier alpha value is -1.42. The third-order valence-electron chi connectivity index (χ3n) is 2.96. The number of ether oxygens (including phenoxy) is 1. The molecule has 0 aliphatic carbocycles. The quantitative estimate of drug-likeness (QED) is 0.705. The summed E-state index contributed by atoms with van der Waals surface area (Å²) in [5.41, 5.74) is 2.77. The molecule has 0 heterocycles. The summed E-state index contributed by atoms with van der Waals surface area (Å²) < 4.78 is 5.59. The highest BCUT2D eigenvalue weighted by Crippen LogP contribution is 2.32. The van der Waals surface area contributed by atoms with Gasteiger partial charge in [0.1, 0.15) is 12.4 Å². The summed E-state index contributed by atoms with van der Waals surface area (Å²) in [5, 5.41) is 0. The summed E-state index contributed by atoms with van der Waals surface area (Å²) in [5.74, 6) is 3.38. The van der Waals surface area contributed by atoms with Crippen LogP contribution >= 0.6 is 0 Å². The summed E-state index contributed by atoms with van der Waals surface area (Å²) in [6.07, 6.45) is 5.25. The summed E-state index contributed by atoms with van der Waals surface area (Å²) in [7, 11) is 0. The second kappa shape index (κ2) is 5.06. The van der Waals surface area contributed by atoms with Crippen LogP contribution in [-0.4, -0.2) is 6.61 Å². The van der Waals surface area contributed by atoms with E-state index in [1.807, 2.05) is 0 Å². The van der Waals surface area contributed by atoms with Gasteiger partial charge < -0.3 is 4.74 Å². The van der Waals surface area contributed by atoms with Gasteiger partial charge in [-0.15, -0.1) is 6.42 Å². The summed E-state index contributed by atoms with van der Waals surface area (Å²) >= 11 is 0. The lowest BCUT2D eigenvalue weighted by Crippen LogP contribution is -2.16. The fourth-order valence-corrected chi connectivity index (χ4v) is 1.67. The van der Waals surface area contributed by atoms with Crippen LogP contribution in [0.4, 0.5) is 0 Å². The van der Waals surface area contributed by atoms with Gasteiger partial charge in [0, 0.05) is 0 Å². The molecule has 1 aromatic carbocycles. The van der Waals surface area contributed by atoms with Crippen LogP contribution in [0.25, 0.3) is 0 Å². The molecule has 0 aliphatic heterocycles. The van der Waals surface area contributed by atoms with Crippen molar-refractivity contribution < 1.29 is 4.74 Å². The van der Waals surface area contributed by atoms with Crippen molar-refractivity contribution in [3.63, 3.8) is 0 Å². The van der Waals surface area contributed by atoms with Crippen LogP contribution in [0.15, 0.2) is 18.2 Å². The second-order valence-electron chi connectivity index (χ2n) is 6.74. The van der Waals surface area contributed by atoms with Crippen LogP contribution in [0.5, 0.6) is 5.75 Å². The van der Waals surface area contributed by atoms with Crippen LogP contribution in [-0.2, 0) is 10.8 Å². The maximum absolute atomic E-state index is 5.59. The van der Waals surface area contributed by atoms with Crippen LogP contribution < -0.4 is 4.74 Å². The highest BCUT2D eigenvalue weighted by Gasteiger charge is 2.20. The van der Waals surface area contributed by atoms with Crippen LogP contribution in [0.2, 0.25) is 0 Å². The van der Waals surface area contributed by atoms with E-state index in [0.717, 1.165) is 5.75 Å². The highest BCUT2D eigenvalue weighted by molar-refractivity contribution is 5.40. The van der Waals surface area contributed by atoms with Gasteiger partial charge in [-0.1, -0.05) is 53.5 Å². The van der Waals surface area contributed by atoms with Crippen molar-refractivity contribution >= 4 is 0 Å². The van der Waals surface area contributed by atoms with Crippen LogP contribution in [0.3, 0.4) is 0 Å². The Kier molecular flexibility index (Phi) is 4.12. The second-order valence-corrected chi connectivity index (χ2v) is 6.74. The maximum atomic E-state index is 5.59. The fourth-order valence-electron chi connectivity index (χ4n) is 1.67. The zero-order valence-corrected chi connectivity index (χ0v) is 12.4. The van der Waals surface area contributed by atoms with Crippen molar-refractivity contribution in [2.24, 2.45) is 0 Å². The van der Waals surface area contributed by atoms with Crippen molar-refractivity contribution in [3.8, 4) is 18.1 Å². The summed E-state index contributed by atoms with van der Waals surface area (Å²) in [6, 6.07) is 6.45. The molecular formula is C17H24O. The van der Waals surface area contributed by atoms with E-state index >= 15 is 0 Å². The molecule has 18 heavy (non-hydrogen) atoms. The largest absolute Gasteiger partial charge is 0.481 e. The molecule has 0 saturated carbocycles. The molecule has 0 atom stereocenters. The van der Waals surface area contributed by atoms with E-state index in [4.69, 9.17) is 11.2 Å². The lowest BCUT2D eigenvalue weighted by Gasteiger charge is -2.26. The monoisotopic (exact) mass is 244 g/mol. The zero-order valence-electron chi connectivity index (χ0n) is 12.4. The van der Waals surface area contributed by atoms with Gasteiger partial charge in [0.15, 0.2) is 0 Å². The Morgan fingerprint density at radius 3 is 1.72 bits per heavy atom. The molecule has 0 N–H and O–H groups in total. The predicted octanol–water partition coefficient (Wildman–Crippen LogP) is 4.29. The van der Waals surface area contributed by atoms with Crippen molar-refractivity contribution in [2.75, 3.05) is 6.61 Å². The first-order chi connectivity index (χ1) is 8.14. The predicted molar refractivity (Wildman–Crippen MR) is 78.2 cm³/mol. The average molecular weight is 244 g/mol. The van der Waals surface area contributed by atoms with E-state index in [9.17, 15) is 0 Å². The van der Waals surface area contributed by atoms with E-state index in [1.54, 1.807) is 0 Å². The number of rotatable bonds is 2. The standard InChI is InChI=1S/C17H24O/c1-8-9-18-15-11-13(16(2,3)4)10-14(12-15)17(5,6)7/h1,10-12H,9H2,2-7H3. The molecule has 1 nitrogen and oxygen atoms in total. The number of hydrogen-bond acceptors (Lipinski definition) is 1. The van der Waals surface area contributed by atoms with Gasteiger partial charge in [0.05, 0.1) is 0 Å². The molecule has 0 unspecified atom stereocenters. The Balaban J connectivity index is 3.26. The van der Waals surface area contributed by atoms with Crippen molar-refractivity contribution in [1.82, 2.24) is 0 Å². The minimum Gasteiger partial charge on any atom is -0.481 e. The Morgan fingerprint density at radius 1 is 0.944 bits per heavy atom. The topological polar surface area (TPSA) is 9.23 Å². The van der Waals surface area contributed by atoms with Crippen molar-refractivity contribution in [1.29, 1.82) is 0 Å². The molecule has 1 heteroatoms. The molecule has 1 aromatic rings. The summed E-state index contributed by atoms with van der Waals surface area (Å²) in [4.78, 5) is 0. The Labute approximate surface area is 112 Å². The molecule has 0 spiro atoms. The maximum Gasteiger partial charge on any atom is 0.148 e. The molecule has 1 rings (SSSR count). The Morgan fingerprint density at radius 2 is 1.39 bits per heavy atom. The SMILES string of the molecule is C#CCOc1cc(C(C)(C)C)cc(C(C)(C)C)c1. The fraction of sp³-hybridized carbons (Fsp3) is 0.529. The van der Waals surface area contributed by atoms with Gasteiger partial charge in [0.25, 0.3) is 0 Å². The van der Waals surface area contributed by atoms with E-state index in [0.29, 0.717) is 6.61 Å². The van der Waals surface area contributed by atoms with Crippen LogP contribution in [0.1, 0.15) is 52.7 Å². The first-order valence-electron chi connectivity index (χ1n) is 6.37. The third kappa shape index (κ3) is 3.81. The molecule has 0 amide bonds. The molecule has 0 saturated heterocycles. The first-order valence-corrected chi connectivity index (χ1v) is 6.37. The summed E-state index contributed by atoms with van der Waals surface area (Å²) in [6.45, 7) is 13.6. The third-order valence-corrected chi connectivity index (χ3v) is 2.96. The molecule has 98 valence electrons. The number of hydrogen-bond donors (Lipinski definition) is 0. The van der Waals surface area contributed by atoms with Crippen LogP contribution in [0, 0.1) is 12.3 Å². The van der Waals surface area contributed by atoms with E-state index in [-0.39, 0.29) is 10.8 Å². The van der Waals surface area contributed by atoms with Gasteiger partial charge in [0.2, 0.25) is 0 Å². The molecule has 0 fully saturated rings. The lowest BCUT2D eigenvalue weighted by atomic mass is 9.80. The van der Waals surface area contributed by atoms with E-state index in [2.05, 4.69) is 65.7 Å². The Bertz CT molecular complexity index is 418. The minimum absolute atomic E-state index is 0.107. The van der Waals surface area contributed by atoms with Gasteiger partial charge in [-0.05, 0) is 34.1 Å². The molecule has 0 bridgehead atoms. The van der Waals surface area contributed by atoms with E-state index in [1.165, 1.54) is 11.1 Å². The molecule has 0 aliphatic rings. The van der Waals surface area contributed by atoms with Gasteiger partial charge in [-0.25, -0.2) is 0 Å². The number of terminal acetylenes is 1. The highest BCUT2D eigenvalue weighted by atomic mass is 16.5. The first kappa shape index (κ1) is 14.6. The van der Waals surface area contributed by atoms with E-state index < -0.39 is 0 Å². The van der Waals surface area contributed by atoms with Gasteiger partial charge in [-0.2, -0.15) is 0 Å². The lowest BCUT2D eigenvalue weighted by molar-refractivity contribution is 0.367. The normalized spacial score (nSPS) is 12.1. The molecule has 0 aromatic heterocycles. The van der Waals surface area contributed by atoms with Gasteiger partial charge >= 0.3 is 0 Å². The van der Waals surface area contributed by atoms with Crippen molar-refractivity contribution in [3.05, 3.63) is 29.3 Å². The minimum atomic E-state index is 0.107. The van der Waals surface area contributed by atoms with Gasteiger partial charge in [-0.3, -0.25) is 0 Å². The van der Waals surface area contributed by atoms with Crippen molar-refractivity contribution in [2.45, 2.75) is 52.4 Å². The number of benzene rings is 1. The zero-order chi connectivity index (χ0) is 14.0. The molecular weight excluding hydrogens is 220 g/mol.